The summed E-state index contributed by atoms with van der Waals surface area (Å²) in [5.74, 6) is 0.154. The molecule has 146 valence electrons. The predicted octanol–water partition coefficient (Wildman–Crippen LogP) is 1.48. The zero-order valence-corrected chi connectivity index (χ0v) is 15.8. The van der Waals surface area contributed by atoms with Crippen LogP contribution in [-0.4, -0.2) is 63.7 Å². The molecule has 9 nitrogen and oxygen atoms in total. The molecule has 2 heterocycles. The summed E-state index contributed by atoms with van der Waals surface area (Å²) in [4.78, 5) is 46.9. The van der Waals surface area contributed by atoms with Gasteiger partial charge in [0.15, 0.2) is 0 Å². The smallest absolute Gasteiger partial charge is 0.274 e. The molecule has 0 atom stereocenters. The summed E-state index contributed by atoms with van der Waals surface area (Å²) in [5.41, 5.74) is 1.66. The van der Waals surface area contributed by atoms with Gasteiger partial charge in [0.25, 0.3) is 5.91 Å². The summed E-state index contributed by atoms with van der Waals surface area (Å²) < 4.78 is 0. The van der Waals surface area contributed by atoms with Crippen molar-refractivity contribution in [1.82, 2.24) is 19.8 Å². The Balaban J connectivity index is 1.61. The van der Waals surface area contributed by atoms with Crippen LogP contribution in [0.2, 0.25) is 0 Å². The molecule has 3 rings (SSSR count). The molecule has 1 aromatic heterocycles. The van der Waals surface area contributed by atoms with Crippen molar-refractivity contribution in [3.05, 3.63) is 42.4 Å². The molecule has 2 N–H and O–H groups in total. The van der Waals surface area contributed by atoms with Crippen LogP contribution in [0.5, 0.6) is 0 Å². The maximum atomic E-state index is 12.6. The molecule has 0 saturated carbocycles. The highest BCUT2D eigenvalue weighted by molar-refractivity contribution is 5.92. The fourth-order valence-corrected chi connectivity index (χ4v) is 2.92. The normalized spacial score (nSPS) is 13.8. The maximum Gasteiger partial charge on any atom is 0.274 e. The minimum atomic E-state index is -0.199. The highest BCUT2D eigenvalue weighted by atomic mass is 16.2. The minimum Gasteiger partial charge on any atom is -0.339 e. The number of hydrogen-bond donors (Lipinski definition) is 2. The van der Waals surface area contributed by atoms with Gasteiger partial charge in [-0.1, -0.05) is 6.07 Å². The van der Waals surface area contributed by atoms with Gasteiger partial charge in [-0.3, -0.25) is 14.4 Å². The van der Waals surface area contributed by atoms with Gasteiger partial charge in [-0.2, -0.15) is 0 Å². The minimum absolute atomic E-state index is 0.0184. The van der Waals surface area contributed by atoms with Crippen LogP contribution in [0.3, 0.4) is 0 Å². The molecule has 1 saturated heterocycles. The van der Waals surface area contributed by atoms with Gasteiger partial charge in [0.1, 0.15) is 11.5 Å². The van der Waals surface area contributed by atoms with Crippen LogP contribution in [0, 0.1) is 0 Å². The van der Waals surface area contributed by atoms with E-state index in [1.807, 2.05) is 6.07 Å². The second-order valence-electron chi connectivity index (χ2n) is 6.47. The summed E-state index contributed by atoms with van der Waals surface area (Å²) in [6.45, 7) is 4.99. The lowest BCUT2D eigenvalue weighted by atomic mass is 10.2. The molecule has 1 aromatic carbocycles. The van der Waals surface area contributed by atoms with Gasteiger partial charge in [0.2, 0.25) is 11.8 Å². The van der Waals surface area contributed by atoms with Crippen molar-refractivity contribution in [1.29, 1.82) is 0 Å². The number of nitrogens with zero attached hydrogens (tertiary/aromatic N) is 4. The van der Waals surface area contributed by atoms with Crippen molar-refractivity contribution in [2.45, 2.75) is 13.8 Å². The molecule has 0 unspecified atom stereocenters. The van der Waals surface area contributed by atoms with Gasteiger partial charge in [0.05, 0.1) is 12.4 Å². The summed E-state index contributed by atoms with van der Waals surface area (Å²) in [6, 6.07) is 7.20. The standard InChI is InChI=1S/C19H22N6O3/c1-13(26)22-15-4-3-5-16(10-15)23-18-12-20-17(11-21-18)19(28)25-8-6-24(7-9-25)14(2)27/h3-5,10-12H,6-9H2,1-2H3,(H,21,23)(H,22,26). The first-order chi connectivity index (χ1) is 13.4. The lowest BCUT2D eigenvalue weighted by molar-refractivity contribution is -0.130. The lowest BCUT2D eigenvalue weighted by Gasteiger charge is -2.33. The van der Waals surface area contributed by atoms with E-state index in [-0.39, 0.29) is 23.4 Å². The van der Waals surface area contributed by atoms with E-state index >= 15 is 0 Å². The number of anilines is 3. The van der Waals surface area contributed by atoms with E-state index in [4.69, 9.17) is 0 Å². The van der Waals surface area contributed by atoms with E-state index in [2.05, 4.69) is 20.6 Å². The van der Waals surface area contributed by atoms with E-state index < -0.39 is 0 Å². The molecular weight excluding hydrogens is 360 g/mol. The monoisotopic (exact) mass is 382 g/mol. The van der Waals surface area contributed by atoms with Crippen molar-refractivity contribution in [2.75, 3.05) is 36.8 Å². The van der Waals surface area contributed by atoms with Crippen LogP contribution in [0.1, 0.15) is 24.3 Å². The van der Waals surface area contributed by atoms with Gasteiger partial charge in [-0.05, 0) is 18.2 Å². The number of piperazine rings is 1. The van der Waals surface area contributed by atoms with E-state index in [1.54, 1.807) is 28.0 Å². The second kappa shape index (κ2) is 8.47. The van der Waals surface area contributed by atoms with Crippen molar-refractivity contribution in [2.24, 2.45) is 0 Å². The van der Waals surface area contributed by atoms with Crippen LogP contribution < -0.4 is 10.6 Å². The first kappa shape index (κ1) is 19.3. The number of benzene rings is 1. The van der Waals surface area contributed by atoms with E-state index in [0.717, 1.165) is 5.69 Å². The SMILES string of the molecule is CC(=O)Nc1cccc(Nc2cnc(C(=O)N3CCN(C(C)=O)CC3)cn2)c1. The van der Waals surface area contributed by atoms with Crippen molar-refractivity contribution in [3.63, 3.8) is 0 Å². The average Bonchev–Trinajstić information content (AvgIpc) is 2.68. The number of nitrogens with one attached hydrogen (secondary N) is 2. The third-order valence-electron chi connectivity index (χ3n) is 4.34. The molecule has 0 bridgehead atoms. The highest BCUT2D eigenvalue weighted by Gasteiger charge is 2.24. The molecule has 0 radical (unpaired) electrons. The number of aromatic nitrogens is 2. The highest BCUT2D eigenvalue weighted by Crippen LogP contribution is 2.18. The largest absolute Gasteiger partial charge is 0.339 e. The van der Waals surface area contributed by atoms with Crippen LogP contribution in [-0.2, 0) is 9.59 Å². The van der Waals surface area contributed by atoms with Crippen LogP contribution in [0.4, 0.5) is 17.2 Å². The number of rotatable bonds is 4. The molecular formula is C19H22N6O3. The first-order valence-corrected chi connectivity index (χ1v) is 8.94. The van der Waals surface area contributed by atoms with E-state index in [0.29, 0.717) is 37.7 Å². The molecule has 9 heteroatoms. The molecule has 28 heavy (non-hydrogen) atoms. The van der Waals surface area contributed by atoms with Crippen molar-refractivity contribution >= 4 is 34.9 Å². The molecule has 1 aliphatic rings. The first-order valence-electron chi connectivity index (χ1n) is 8.94. The third kappa shape index (κ3) is 4.81. The number of carbonyl (C=O) groups is 3. The Labute approximate surface area is 162 Å². The fourth-order valence-electron chi connectivity index (χ4n) is 2.92. The summed E-state index contributed by atoms with van der Waals surface area (Å²) >= 11 is 0. The second-order valence-corrected chi connectivity index (χ2v) is 6.47. The van der Waals surface area contributed by atoms with Crippen LogP contribution in [0.25, 0.3) is 0 Å². The third-order valence-corrected chi connectivity index (χ3v) is 4.34. The molecule has 3 amide bonds. The fraction of sp³-hybridized carbons (Fsp3) is 0.316. The Bertz CT molecular complexity index is 875. The Morgan fingerprint density at radius 3 is 2.21 bits per heavy atom. The topological polar surface area (TPSA) is 108 Å². The Morgan fingerprint density at radius 2 is 1.61 bits per heavy atom. The molecule has 0 aliphatic carbocycles. The quantitative estimate of drug-likeness (QED) is 0.829. The Hall–Kier alpha value is -3.49. The number of carbonyl (C=O) groups excluding carboxylic acids is 3. The molecule has 1 fully saturated rings. The van der Waals surface area contributed by atoms with E-state index in [1.165, 1.54) is 26.2 Å². The predicted molar refractivity (Wildman–Crippen MR) is 104 cm³/mol. The summed E-state index contributed by atoms with van der Waals surface area (Å²) in [6.07, 6.45) is 2.92. The number of amides is 3. The van der Waals surface area contributed by atoms with Gasteiger partial charge in [0, 0.05) is 51.4 Å². The van der Waals surface area contributed by atoms with Crippen molar-refractivity contribution < 1.29 is 14.4 Å². The summed E-state index contributed by atoms with van der Waals surface area (Å²) in [7, 11) is 0. The zero-order chi connectivity index (χ0) is 20.1. The van der Waals surface area contributed by atoms with E-state index in [9.17, 15) is 14.4 Å². The van der Waals surface area contributed by atoms with Crippen LogP contribution >= 0.6 is 0 Å². The summed E-state index contributed by atoms with van der Waals surface area (Å²) in [5, 5.41) is 5.80. The van der Waals surface area contributed by atoms with Gasteiger partial charge < -0.3 is 20.4 Å². The average molecular weight is 382 g/mol. The van der Waals surface area contributed by atoms with Crippen LogP contribution in [0.15, 0.2) is 36.7 Å². The Kier molecular flexibility index (Phi) is 5.83. The van der Waals surface area contributed by atoms with Gasteiger partial charge in [-0.15, -0.1) is 0 Å². The van der Waals surface area contributed by atoms with Crippen molar-refractivity contribution in [3.8, 4) is 0 Å². The number of hydrogen-bond acceptors (Lipinski definition) is 6. The Morgan fingerprint density at radius 1 is 0.929 bits per heavy atom. The van der Waals surface area contributed by atoms with Gasteiger partial charge in [-0.25, -0.2) is 9.97 Å². The molecule has 2 aromatic rings. The maximum absolute atomic E-state index is 12.6. The molecule has 0 spiro atoms. The lowest BCUT2D eigenvalue weighted by Crippen LogP contribution is -2.50. The van der Waals surface area contributed by atoms with Gasteiger partial charge >= 0.3 is 0 Å². The zero-order valence-electron chi connectivity index (χ0n) is 15.8. The molecule has 1 aliphatic heterocycles.